The first-order valence-corrected chi connectivity index (χ1v) is 10.5. The van der Waals surface area contributed by atoms with E-state index in [1.54, 1.807) is 30.3 Å². The standard InChI is InChI=1S/C25H27FN2O4/c1-25(2,3)32-22(29)11-6-5-10-20-23(16-8-7-9-18(26)14-16)28-19-13-12-17(24(30)31-4)15-21(19)27-20/h7-9,12-15H,5-6,10-11H2,1-4H3. The highest BCUT2D eigenvalue weighted by molar-refractivity contribution is 5.93. The first kappa shape index (κ1) is 23.3. The van der Waals surface area contributed by atoms with Gasteiger partial charge in [0.15, 0.2) is 0 Å². The van der Waals surface area contributed by atoms with Gasteiger partial charge >= 0.3 is 11.9 Å². The molecule has 2 aromatic carbocycles. The lowest BCUT2D eigenvalue weighted by Crippen LogP contribution is -2.23. The highest BCUT2D eigenvalue weighted by Gasteiger charge is 2.17. The molecule has 3 rings (SSSR count). The van der Waals surface area contributed by atoms with Crippen molar-refractivity contribution in [2.24, 2.45) is 0 Å². The molecule has 168 valence electrons. The Balaban J connectivity index is 1.87. The quantitative estimate of drug-likeness (QED) is 0.369. The van der Waals surface area contributed by atoms with Crippen molar-refractivity contribution >= 4 is 23.0 Å². The van der Waals surface area contributed by atoms with Crippen molar-refractivity contribution in [3.05, 3.63) is 59.5 Å². The van der Waals surface area contributed by atoms with E-state index in [-0.39, 0.29) is 11.8 Å². The van der Waals surface area contributed by atoms with Gasteiger partial charge in [-0.25, -0.2) is 19.2 Å². The minimum atomic E-state index is -0.511. The number of fused-ring (bicyclic) bond motifs is 1. The molecule has 0 saturated carbocycles. The molecule has 0 atom stereocenters. The summed E-state index contributed by atoms with van der Waals surface area (Å²) in [6, 6.07) is 11.2. The number of methoxy groups -OCH3 is 1. The van der Waals surface area contributed by atoms with E-state index in [1.807, 2.05) is 20.8 Å². The van der Waals surface area contributed by atoms with Crippen molar-refractivity contribution in [1.29, 1.82) is 0 Å². The summed E-state index contributed by atoms with van der Waals surface area (Å²) in [5.74, 6) is -1.06. The fourth-order valence-electron chi connectivity index (χ4n) is 3.33. The van der Waals surface area contributed by atoms with E-state index in [9.17, 15) is 14.0 Å². The Morgan fingerprint density at radius 2 is 1.78 bits per heavy atom. The number of hydrogen-bond donors (Lipinski definition) is 0. The van der Waals surface area contributed by atoms with Gasteiger partial charge in [-0.15, -0.1) is 0 Å². The summed E-state index contributed by atoms with van der Waals surface area (Å²) in [4.78, 5) is 33.3. The minimum absolute atomic E-state index is 0.241. The first-order valence-electron chi connectivity index (χ1n) is 10.5. The summed E-state index contributed by atoms with van der Waals surface area (Å²) in [7, 11) is 1.32. The number of halogens is 1. The van der Waals surface area contributed by atoms with Crippen LogP contribution in [0.4, 0.5) is 4.39 Å². The molecule has 0 aliphatic carbocycles. The van der Waals surface area contributed by atoms with Crippen LogP contribution in [0.25, 0.3) is 22.3 Å². The van der Waals surface area contributed by atoms with Crippen LogP contribution in [0.3, 0.4) is 0 Å². The van der Waals surface area contributed by atoms with Crippen molar-refractivity contribution in [3.8, 4) is 11.3 Å². The SMILES string of the molecule is COC(=O)c1ccc2nc(-c3cccc(F)c3)c(CCCCC(=O)OC(C)(C)C)nc2c1. The average Bonchev–Trinajstić information content (AvgIpc) is 2.74. The number of esters is 2. The van der Waals surface area contributed by atoms with Gasteiger partial charge < -0.3 is 9.47 Å². The number of ether oxygens (including phenoxy) is 2. The van der Waals surface area contributed by atoms with E-state index in [2.05, 4.69) is 0 Å². The lowest BCUT2D eigenvalue weighted by atomic mass is 10.0. The molecule has 0 amide bonds. The number of carbonyl (C=O) groups excluding carboxylic acids is 2. The number of rotatable bonds is 7. The van der Waals surface area contributed by atoms with Crippen LogP contribution in [-0.2, 0) is 20.7 Å². The van der Waals surface area contributed by atoms with Crippen LogP contribution in [0.5, 0.6) is 0 Å². The molecule has 0 aliphatic heterocycles. The van der Waals surface area contributed by atoms with E-state index in [0.717, 1.165) is 0 Å². The second-order valence-corrected chi connectivity index (χ2v) is 8.52. The third kappa shape index (κ3) is 6.09. The van der Waals surface area contributed by atoms with Crippen molar-refractivity contribution < 1.29 is 23.5 Å². The molecule has 0 bridgehead atoms. The summed E-state index contributed by atoms with van der Waals surface area (Å²) in [5.41, 5.74) is 2.89. The molecule has 0 unspecified atom stereocenters. The Morgan fingerprint density at radius 3 is 2.47 bits per heavy atom. The van der Waals surface area contributed by atoms with Gasteiger partial charge in [0.25, 0.3) is 0 Å². The fraction of sp³-hybridized carbons (Fsp3) is 0.360. The van der Waals surface area contributed by atoms with Crippen LogP contribution in [0, 0.1) is 5.82 Å². The number of carbonyl (C=O) groups is 2. The van der Waals surface area contributed by atoms with E-state index in [4.69, 9.17) is 19.4 Å². The number of hydrogen-bond acceptors (Lipinski definition) is 6. The number of benzene rings is 2. The Labute approximate surface area is 186 Å². The Hall–Kier alpha value is -3.35. The summed E-state index contributed by atoms with van der Waals surface area (Å²) in [6.07, 6.45) is 2.15. The third-order valence-electron chi connectivity index (χ3n) is 4.72. The summed E-state index contributed by atoms with van der Waals surface area (Å²) < 4.78 is 24.0. The molecule has 0 fully saturated rings. The highest BCUT2D eigenvalue weighted by Crippen LogP contribution is 2.26. The number of aromatic nitrogens is 2. The lowest BCUT2D eigenvalue weighted by molar-refractivity contribution is -0.154. The van der Waals surface area contributed by atoms with Gasteiger partial charge in [-0.3, -0.25) is 4.79 Å². The molecule has 0 aliphatic rings. The van der Waals surface area contributed by atoms with E-state index < -0.39 is 11.6 Å². The van der Waals surface area contributed by atoms with E-state index >= 15 is 0 Å². The number of nitrogens with zero attached hydrogens (tertiary/aromatic N) is 2. The molecule has 3 aromatic rings. The van der Waals surface area contributed by atoms with Gasteiger partial charge in [-0.05, 0) is 70.4 Å². The average molecular weight is 438 g/mol. The molecule has 0 N–H and O–H groups in total. The topological polar surface area (TPSA) is 78.4 Å². The monoisotopic (exact) mass is 438 g/mol. The van der Waals surface area contributed by atoms with Crippen LogP contribution in [0.15, 0.2) is 42.5 Å². The Bertz CT molecular complexity index is 1140. The maximum atomic E-state index is 13.9. The lowest BCUT2D eigenvalue weighted by Gasteiger charge is -2.19. The number of aryl methyl sites for hydroxylation is 1. The van der Waals surface area contributed by atoms with Crippen LogP contribution in [0.2, 0.25) is 0 Å². The summed E-state index contributed by atoms with van der Waals surface area (Å²) in [5, 5.41) is 0. The van der Waals surface area contributed by atoms with Crippen LogP contribution < -0.4 is 0 Å². The van der Waals surface area contributed by atoms with Gasteiger partial charge in [0.05, 0.1) is 35.1 Å². The third-order valence-corrected chi connectivity index (χ3v) is 4.72. The number of unbranched alkanes of at least 4 members (excludes halogenated alkanes) is 1. The predicted molar refractivity (Wildman–Crippen MR) is 120 cm³/mol. The van der Waals surface area contributed by atoms with E-state index in [1.165, 1.54) is 19.2 Å². The Morgan fingerprint density at radius 1 is 1.00 bits per heavy atom. The van der Waals surface area contributed by atoms with Crippen LogP contribution in [-0.4, -0.2) is 34.6 Å². The molecule has 7 heteroatoms. The van der Waals surface area contributed by atoms with Crippen molar-refractivity contribution in [1.82, 2.24) is 9.97 Å². The van der Waals surface area contributed by atoms with Crippen molar-refractivity contribution in [2.45, 2.75) is 52.1 Å². The molecule has 1 heterocycles. The molecule has 1 aromatic heterocycles. The first-order chi connectivity index (χ1) is 15.2. The second-order valence-electron chi connectivity index (χ2n) is 8.52. The maximum Gasteiger partial charge on any atom is 0.337 e. The molecule has 32 heavy (non-hydrogen) atoms. The van der Waals surface area contributed by atoms with Crippen LogP contribution in [0.1, 0.15) is 56.1 Å². The molecule has 0 radical (unpaired) electrons. The molecule has 0 saturated heterocycles. The zero-order valence-electron chi connectivity index (χ0n) is 18.8. The maximum absolute atomic E-state index is 13.9. The van der Waals surface area contributed by atoms with Gasteiger partial charge in [-0.2, -0.15) is 0 Å². The normalized spacial score (nSPS) is 11.4. The smallest absolute Gasteiger partial charge is 0.337 e. The van der Waals surface area contributed by atoms with Crippen molar-refractivity contribution in [3.63, 3.8) is 0 Å². The van der Waals surface area contributed by atoms with Crippen molar-refractivity contribution in [2.75, 3.05) is 7.11 Å². The second kappa shape index (κ2) is 9.85. The highest BCUT2D eigenvalue weighted by atomic mass is 19.1. The molecule has 6 nitrogen and oxygen atoms in total. The summed E-state index contributed by atoms with van der Waals surface area (Å²) in [6.45, 7) is 5.51. The largest absolute Gasteiger partial charge is 0.465 e. The zero-order chi connectivity index (χ0) is 23.3. The van der Waals surface area contributed by atoms with Gasteiger partial charge in [0.1, 0.15) is 11.4 Å². The van der Waals surface area contributed by atoms with Crippen LogP contribution >= 0.6 is 0 Å². The fourth-order valence-corrected chi connectivity index (χ4v) is 3.33. The van der Waals surface area contributed by atoms with Gasteiger partial charge in [0, 0.05) is 12.0 Å². The molecular formula is C25H27FN2O4. The Kier molecular flexibility index (Phi) is 7.18. The minimum Gasteiger partial charge on any atom is -0.465 e. The van der Waals surface area contributed by atoms with Gasteiger partial charge in [0.2, 0.25) is 0 Å². The van der Waals surface area contributed by atoms with Gasteiger partial charge in [-0.1, -0.05) is 12.1 Å². The molecular weight excluding hydrogens is 411 g/mol. The summed E-state index contributed by atoms with van der Waals surface area (Å²) >= 11 is 0. The predicted octanol–water partition coefficient (Wildman–Crippen LogP) is 5.28. The zero-order valence-corrected chi connectivity index (χ0v) is 18.8. The molecule has 0 spiro atoms. The van der Waals surface area contributed by atoms with E-state index in [0.29, 0.717) is 59.2 Å².